The summed E-state index contributed by atoms with van der Waals surface area (Å²) in [6, 6.07) is 15.4. The molecule has 0 aliphatic heterocycles. The number of anilines is 1. The van der Waals surface area contributed by atoms with E-state index in [-0.39, 0.29) is 11.9 Å². The van der Waals surface area contributed by atoms with Crippen LogP contribution in [0.15, 0.2) is 53.0 Å². The molecule has 0 saturated carbocycles. The molecular formula is C16H17BrN2O. The van der Waals surface area contributed by atoms with Crippen LogP contribution in [0.5, 0.6) is 0 Å². The summed E-state index contributed by atoms with van der Waals surface area (Å²) in [5.41, 5.74) is 8.08. The molecule has 104 valence electrons. The predicted molar refractivity (Wildman–Crippen MR) is 85.6 cm³/mol. The second-order valence-corrected chi connectivity index (χ2v) is 5.75. The van der Waals surface area contributed by atoms with Gasteiger partial charge in [0.2, 0.25) is 0 Å². The maximum Gasteiger partial charge on any atom is 0.251 e. The zero-order chi connectivity index (χ0) is 14.5. The Hall–Kier alpha value is -1.81. The van der Waals surface area contributed by atoms with E-state index < -0.39 is 0 Å². The zero-order valence-corrected chi connectivity index (χ0v) is 12.9. The van der Waals surface area contributed by atoms with Gasteiger partial charge in [-0.15, -0.1) is 0 Å². The molecule has 1 unspecified atom stereocenters. The van der Waals surface area contributed by atoms with Gasteiger partial charge in [-0.2, -0.15) is 0 Å². The molecule has 0 spiro atoms. The summed E-state index contributed by atoms with van der Waals surface area (Å²) < 4.78 is 0.804. The van der Waals surface area contributed by atoms with E-state index in [1.54, 1.807) is 18.2 Å². The van der Waals surface area contributed by atoms with Crippen molar-refractivity contribution < 1.29 is 4.79 Å². The lowest BCUT2D eigenvalue weighted by atomic mass is 10.1. The highest BCUT2D eigenvalue weighted by Crippen LogP contribution is 2.17. The van der Waals surface area contributed by atoms with Crippen LogP contribution >= 0.6 is 15.9 Å². The Kier molecular flexibility index (Phi) is 4.79. The molecule has 2 aromatic carbocycles. The lowest BCUT2D eigenvalue weighted by molar-refractivity contribution is 0.0940. The molecule has 0 aliphatic rings. The van der Waals surface area contributed by atoms with Crippen molar-refractivity contribution in [2.45, 2.75) is 19.4 Å². The average Bonchev–Trinajstić information content (AvgIpc) is 2.38. The number of amides is 1. The van der Waals surface area contributed by atoms with Crippen LogP contribution in [0.3, 0.4) is 0 Å². The van der Waals surface area contributed by atoms with Gasteiger partial charge in [-0.05, 0) is 37.1 Å². The van der Waals surface area contributed by atoms with Gasteiger partial charge in [0.05, 0.1) is 0 Å². The molecule has 0 aliphatic carbocycles. The zero-order valence-electron chi connectivity index (χ0n) is 11.3. The maximum atomic E-state index is 12.2. The monoisotopic (exact) mass is 332 g/mol. The van der Waals surface area contributed by atoms with Gasteiger partial charge < -0.3 is 11.1 Å². The van der Waals surface area contributed by atoms with Crippen LogP contribution in [-0.4, -0.2) is 11.9 Å². The van der Waals surface area contributed by atoms with Crippen molar-refractivity contribution in [3.05, 3.63) is 64.1 Å². The van der Waals surface area contributed by atoms with Crippen molar-refractivity contribution in [2.75, 3.05) is 5.73 Å². The predicted octanol–water partition coefficient (Wildman–Crippen LogP) is 3.39. The van der Waals surface area contributed by atoms with Crippen LogP contribution in [0, 0.1) is 0 Å². The van der Waals surface area contributed by atoms with Crippen LogP contribution in [0.2, 0.25) is 0 Å². The van der Waals surface area contributed by atoms with Gasteiger partial charge in [-0.3, -0.25) is 4.79 Å². The molecule has 0 heterocycles. The second kappa shape index (κ2) is 6.57. The first-order valence-electron chi connectivity index (χ1n) is 6.45. The van der Waals surface area contributed by atoms with Crippen molar-refractivity contribution >= 4 is 27.5 Å². The fraction of sp³-hybridized carbons (Fsp3) is 0.188. The first-order valence-corrected chi connectivity index (χ1v) is 7.25. The van der Waals surface area contributed by atoms with Crippen molar-refractivity contribution in [2.24, 2.45) is 0 Å². The Morgan fingerprint density at radius 1 is 1.25 bits per heavy atom. The molecule has 3 nitrogen and oxygen atoms in total. The summed E-state index contributed by atoms with van der Waals surface area (Å²) in [6.07, 6.45) is 0.802. The molecule has 1 amide bonds. The van der Waals surface area contributed by atoms with Crippen LogP contribution in [0.1, 0.15) is 22.8 Å². The Labute approximate surface area is 127 Å². The molecule has 3 N–H and O–H groups in total. The number of benzene rings is 2. The van der Waals surface area contributed by atoms with E-state index in [0.717, 1.165) is 10.9 Å². The Bertz CT molecular complexity index is 578. The number of carbonyl (C=O) groups excluding carboxylic acids is 1. The molecule has 4 heteroatoms. The smallest absolute Gasteiger partial charge is 0.251 e. The van der Waals surface area contributed by atoms with Gasteiger partial charge in [0.1, 0.15) is 0 Å². The van der Waals surface area contributed by atoms with Gasteiger partial charge in [0.15, 0.2) is 0 Å². The van der Waals surface area contributed by atoms with Gasteiger partial charge in [0.25, 0.3) is 5.91 Å². The molecular weight excluding hydrogens is 316 g/mol. The molecule has 0 radical (unpaired) electrons. The Morgan fingerprint density at radius 2 is 1.95 bits per heavy atom. The molecule has 20 heavy (non-hydrogen) atoms. The van der Waals surface area contributed by atoms with Crippen LogP contribution in [0.25, 0.3) is 0 Å². The normalized spacial score (nSPS) is 11.9. The standard InChI is InChI=1S/C16H17BrN2O/c1-11(7-12-5-3-2-4-6-12)19-16(20)13-8-14(17)10-15(18)9-13/h2-6,8-11H,7,18H2,1H3,(H,19,20). The van der Waals surface area contributed by atoms with E-state index in [2.05, 4.69) is 33.4 Å². The number of rotatable bonds is 4. The van der Waals surface area contributed by atoms with E-state index in [1.165, 1.54) is 5.56 Å². The lowest BCUT2D eigenvalue weighted by Crippen LogP contribution is -2.34. The number of nitrogens with two attached hydrogens (primary N) is 1. The first-order chi connectivity index (χ1) is 9.54. The highest BCUT2D eigenvalue weighted by atomic mass is 79.9. The molecule has 2 rings (SSSR count). The summed E-state index contributed by atoms with van der Waals surface area (Å²) >= 11 is 3.34. The molecule has 0 aromatic heterocycles. The number of carbonyl (C=O) groups is 1. The van der Waals surface area contributed by atoms with Crippen molar-refractivity contribution in [1.82, 2.24) is 5.32 Å². The maximum absolute atomic E-state index is 12.2. The second-order valence-electron chi connectivity index (χ2n) is 4.84. The van der Waals surface area contributed by atoms with Crippen LogP contribution < -0.4 is 11.1 Å². The summed E-state index contributed by atoms with van der Waals surface area (Å²) in [7, 11) is 0. The van der Waals surface area contributed by atoms with E-state index in [1.807, 2.05) is 25.1 Å². The molecule has 0 bridgehead atoms. The fourth-order valence-corrected chi connectivity index (χ4v) is 2.58. The first kappa shape index (κ1) is 14.6. The summed E-state index contributed by atoms with van der Waals surface area (Å²) in [6.45, 7) is 1.99. The van der Waals surface area contributed by atoms with Crippen LogP contribution in [-0.2, 0) is 6.42 Å². The third kappa shape index (κ3) is 4.10. The SMILES string of the molecule is CC(Cc1ccccc1)NC(=O)c1cc(N)cc(Br)c1. The largest absolute Gasteiger partial charge is 0.399 e. The van der Waals surface area contributed by atoms with Gasteiger partial charge >= 0.3 is 0 Å². The Balaban J connectivity index is 2.00. The minimum atomic E-state index is -0.110. The number of hydrogen-bond donors (Lipinski definition) is 2. The van der Waals surface area contributed by atoms with E-state index in [9.17, 15) is 4.79 Å². The third-order valence-electron chi connectivity index (χ3n) is 2.94. The summed E-state index contributed by atoms with van der Waals surface area (Å²) in [5, 5.41) is 2.98. The number of nitrogens with one attached hydrogen (secondary N) is 1. The van der Waals surface area contributed by atoms with E-state index in [0.29, 0.717) is 11.3 Å². The molecule has 2 aromatic rings. The van der Waals surface area contributed by atoms with Crippen molar-refractivity contribution in [3.63, 3.8) is 0 Å². The third-order valence-corrected chi connectivity index (χ3v) is 3.40. The molecule has 1 atom stereocenters. The average molecular weight is 333 g/mol. The summed E-state index contributed by atoms with van der Waals surface area (Å²) in [5.74, 6) is -0.110. The minimum absolute atomic E-state index is 0.0603. The molecule has 0 fully saturated rings. The van der Waals surface area contributed by atoms with E-state index in [4.69, 9.17) is 5.73 Å². The van der Waals surface area contributed by atoms with Crippen molar-refractivity contribution in [3.8, 4) is 0 Å². The van der Waals surface area contributed by atoms with Gasteiger partial charge in [-0.25, -0.2) is 0 Å². The Morgan fingerprint density at radius 3 is 2.60 bits per heavy atom. The quantitative estimate of drug-likeness (QED) is 0.843. The fourth-order valence-electron chi connectivity index (χ4n) is 2.07. The topological polar surface area (TPSA) is 55.1 Å². The van der Waals surface area contributed by atoms with Crippen LogP contribution in [0.4, 0.5) is 5.69 Å². The molecule has 0 saturated heterocycles. The highest BCUT2D eigenvalue weighted by Gasteiger charge is 2.11. The number of hydrogen-bond acceptors (Lipinski definition) is 2. The number of halogens is 1. The van der Waals surface area contributed by atoms with Gasteiger partial charge in [0, 0.05) is 21.8 Å². The van der Waals surface area contributed by atoms with Crippen molar-refractivity contribution in [1.29, 1.82) is 0 Å². The van der Waals surface area contributed by atoms with E-state index >= 15 is 0 Å². The van der Waals surface area contributed by atoms with Gasteiger partial charge in [-0.1, -0.05) is 46.3 Å². The lowest BCUT2D eigenvalue weighted by Gasteiger charge is -2.14. The minimum Gasteiger partial charge on any atom is -0.399 e. The highest BCUT2D eigenvalue weighted by molar-refractivity contribution is 9.10. The number of nitrogen functional groups attached to an aromatic ring is 1. The summed E-state index contributed by atoms with van der Waals surface area (Å²) in [4.78, 5) is 12.2.